The van der Waals surface area contributed by atoms with Gasteiger partial charge in [0, 0.05) is 4.88 Å². The monoisotopic (exact) mass is 410 g/mol. The van der Waals surface area contributed by atoms with Crippen molar-refractivity contribution < 1.29 is 4.79 Å². The number of nitrogens with one attached hydrogen (secondary N) is 1. The van der Waals surface area contributed by atoms with Crippen molar-refractivity contribution >= 4 is 57.3 Å². The summed E-state index contributed by atoms with van der Waals surface area (Å²) >= 11 is 5.75. The molecule has 2 aromatic heterocycles. The Morgan fingerprint density at radius 3 is 2.84 bits per heavy atom. The first-order valence-electron chi connectivity index (χ1n) is 8.06. The molecule has 1 amide bonds. The van der Waals surface area contributed by atoms with Crippen molar-refractivity contribution in [3.63, 3.8) is 0 Å². The number of rotatable bonds is 5. The van der Waals surface area contributed by atoms with Crippen LogP contribution in [-0.4, -0.2) is 27.3 Å². The number of anilines is 1. The number of carbonyl (C=O) groups is 1. The van der Waals surface area contributed by atoms with Crippen LogP contribution in [0.2, 0.25) is 0 Å². The smallest absolute Gasteiger partial charge is 0.235 e. The molecule has 0 radical (unpaired) electrons. The molecule has 0 saturated carbocycles. The summed E-state index contributed by atoms with van der Waals surface area (Å²) < 4.78 is 4.98. The van der Waals surface area contributed by atoms with Crippen LogP contribution in [0.5, 0.6) is 0 Å². The largest absolute Gasteiger partial charge is 0.316 e. The summed E-state index contributed by atoms with van der Waals surface area (Å²) in [6.45, 7) is 0. The molecule has 0 unspecified atom stereocenters. The Hall–Kier alpha value is -1.08. The molecule has 1 N–H and O–H groups in total. The maximum absolute atomic E-state index is 12.3. The van der Waals surface area contributed by atoms with Gasteiger partial charge in [-0.3, -0.25) is 4.79 Å². The predicted molar refractivity (Wildman–Crippen MR) is 106 cm³/mol. The fourth-order valence-electron chi connectivity index (χ4n) is 2.75. The van der Waals surface area contributed by atoms with E-state index in [0.29, 0.717) is 10.6 Å². The Labute approximate surface area is 163 Å². The molecule has 2 heterocycles. The topological polar surface area (TPSA) is 78.7 Å². The lowest BCUT2D eigenvalue weighted by molar-refractivity contribution is -0.113. The molecular formula is C16H18N4OS4. The van der Waals surface area contributed by atoms with Crippen LogP contribution in [0, 0.1) is 11.3 Å². The molecule has 0 bridgehead atoms. The summed E-state index contributed by atoms with van der Waals surface area (Å²) in [7, 11) is 0. The molecule has 0 aliphatic heterocycles. The van der Waals surface area contributed by atoms with Gasteiger partial charge in [-0.2, -0.15) is 9.64 Å². The standard InChI is InChI=1S/C16H18N4OS4/c1-22-15-19-16(25-20-15)23-9-13(21)18-14-11(8-17)10-6-4-2-3-5-7-12(10)24-14/h2-7,9H2,1H3,(H,18,21). The first-order chi connectivity index (χ1) is 12.2. The van der Waals surface area contributed by atoms with Gasteiger partial charge in [0.2, 0.25) is 11.1 Å². The van der Waals surface area contributed by atoms with E-state index in [9.17, 15) is 10.1 Å². The summed E-state index contributed by atoms with van der Waals surface area (Å²) in [5.74, 6) is 0.174. The number of nitrogens with zero attached hydrogens (tertiary/aromatic N) is 3. The van der Waals surface area contributed by atoms with E-state index in [1.54, 1.807) is 11.3 Å². The number of carbonyl (C=O) groups excluding carboxylic acids is 1. The van der Waals surface area contributed by atoms with Crippen molar-refractivity contribution in [1.29, 1.82) is 5.26 Å². The first kappa shape index (κ1) is 18.7. The number of fused-ring (bicyclic) bond motifs is 1. The second kappa shape index (κ2) is 9.03. The highest BCUT2D eigenvalue weighted by Gasteiger charge is 2.20. The molecule has 1 aliphatic carbocycles. The number of nitriles is 1. The minimum absolute atomic E-state index is 0.100. The van der Waals surface area contributed by atoms with Gasteiger partial charge in [-0.05, 0) is 49.0 Å². The Bertz CT molecular complexity index is 793. The minimum atomic E-state index is -0.100. The highest BCUT2D eigenvalue weighted by Crippen LogP contribution is 2.36. The van der Waals surface area contributed by atoms with Gasteiger partial charge in [0.05, 0.1) is 11.3 Å². The molecular weight excluding hydrogens is 392 g/mol. The summed E-state index contributed by atoms with van der Waals surface area (Å²) in [5.41, 5.74) is 1.82. The number of hydrogen-bond donors (Lipinski definition) is 1. The molecule has 0 aromatic carbocycles. The number of hydrogen-bond acceptors (Lipinski definition) is 8. The summed E-state index contributed by atoms with van der Waals surface area (Å²) in [4.78, 5) is 17.9. The highest BCUT2D eigenvalue weighted by molar-refractivity contribution is 8.01. The Morgan fingerprint density at radius 1 is 1.32 bits per heavy atom. The third-order valence-corrected chi connectivity index (χ3v) is 7.64. The lowest BCUT2D eigenvalue weighted by Gasteiger charge is -2.08. The maximum Gasteiger partial charge on any atom is 0.235 e. The van der Waals surface area contributed by atoms with Crippen LogP contribution >= 0.6 is 46.4 Å². The van der Waals surface area contributed by atoms with Gasteiger partial charge in [0.25, 0.3) is 0 Å². The summed E-state index contributed by atoms with van der Waals surface area (Å²) in [6.07, 6.45) is 8.64. The zero-order valence-electron chi connectivity index (χ0n) is 13.8. The molecule has 25 heavy (non-hydrogen) atoms. The van der Waals surface area contributed by atoms with Crippen LogP contribution in [0.25, 0.3) is 0 Å². The number of aromatic nitrogens is 2. The summed E-state index contributed by atoms with van der Waals surface area (Å²) in [6, 6.07) is 2.31. The lowest BCUT2D eigenvalue weighted by atomic mass is 9.97. The Morgan fingerprint density at radius 2 is 2.12 bits per heavy atom. The van der Waals surface area contributed by atoms with Crippen LogP contribution in [0.1, 0.15) is 41.7 Å². The van der Waals surface area contributed by atoms with E-state index in [0.717, 1.165) is 40.7 Å². The molecule has 5 nitrogen and oxygen atoms in total. The maximum atomic E-state index is 12.3. The fourth-order valence-corrected chi connectivity index (χ4v) is 6.02. The van der Waals surface area contributed by atoms with E-state index in [4.69, 9.17) is 0 Å². The van der Waals surface area contributed by atoms with E-state index in [1.807, 2.05) is 6.26 Å². The van der Waals surface area contributed by atoms with E-state index in [1.165, 1.54) is 52.8 Å². The molecule has 0 saturated heterocycles. The molecule has 1 aliphatic rings. The predicted octanol–water partition coefficient (Wildman–Crippen LogP) is 4.58. The molecule has 132 valence electrons. The van der Waals surface area contributed by atoms with E-state index in [2.05, 4.69) is 20.7 Å². The highest BCUT2D eigenvalue weighted by atomic mass is 32.2. The van der Waals surface area contributed by atoms with Crippen LogP contribution < -0.4 is 5.32 Å². The molecule has 0 spiro atoms. The molecule has 0 atom stereocenters. The fraction of sp³-hybridized carbons (Fsp3) is 0.500. The quantitative estimate of drug-likeness (QED) is 0.727. The Kier molecular flexibility index (Phi) is 6.76. The SMILES string of the molecule is CSc1nsc(SCC(=O)Nc2sc3c(c2C#N)CCCCCC3)n1. The van der Waals surface area contributed by atoms with Crippen molar-refractivity contribution in [3.8, 4) is 6.07 Å². The number of aryl methyl sites for hydroxylation is 1. The van der Waals surface area contributed by atoms with Gasteiger partial charge < -0.3 is 5.32 Å². The third-order valence-electron chi connectivity index (χ3n) is 3.93. The minimum Gasteiger partial charge on any atom is -0.316 e. The van der Waals surface area contributed by atoms with Gasteiger partial charge >= 0.3 is 0 Å². The van der Waals surface area contributed by atoms with Crippen molar-refractivity contribution in [2.75, 3.05) is 17.3 Å². The third kappa shape index (κ3) is 4.76. The van der Waals surface area contributed by atoms with Gasteiger partial charge in [-0.15, -0.1) is 11.3 Å². The summed E-state index contributed by atoms with van der Waals surface area (Å²) in [5, 5.41) is 13.9. The Balaban J connectivity index is 1.66. The second-order valence-corrected chi connectivity index (χ2v) is 9.47. The van der Waals surface area contributed by atoms with E-state index >= 15 is 0 Å². The van der Waals surface area contributed by atoms with Crippen LogP contribution in [0.3, 0.4) is 0 Å². The lowest BCUT2D eigenvalue weighted by Crippen LogP contribution is -2.13. The van der Waals surface area contributed by atoms with Gasteiger partial charge in [0.1, 0.15) is 11.1 Å². The van der Waals surface area contributed by atoms with Crippen molar-refractivity contribution in [2.24, 2.45) is 0 Å². The molecule has 2 aromatic rings. The van der Waals surface area contributed by atoms with E-state index in [-0.39, 0.29) is 11.7 Å². The molecule has 9 heteroatoms. The number of amides is 1. The van der Waals surface area contributed by atoms with Crippen molar-refractivity contribution in [2.45, 2.75) is 48.0 Å². The zero-order valence-corrected chi connectivity index (χ0v) is 17.1. The van der Waals surface area contributed by atoms with Crippen LogP contribution in [0.15, 0.2) is 9.50 Å². The van der Waals surface area contributed by atoms with Crippen molar-refractivity contribution in [3.05, 3.63) is 16.0 Å². The van der Waals surface area contributed by atoms with E-state index < -0.39 is 0 Å². The van der Waals surface area contributed by atoms with Gasteiger partial charge in [0.15, 0.2) is 4.34 Å². The van der Waals surface area contributed by atoms with Gasteiger partial charge in [-0.25, -0.2) is 4.98 Å². The molecule has 0 fully saturated rings. The van der Waals surface area contributed by atoms with Gasteiger partial charge in [-0.1, -0.05) is 36.4 Å². The number of thioether (sulfide) groups is 2. The normalized spacial score (nSPS) is 14.2. The second-order valence-electron chi connectivity index (χ2n) is 5.62. The average molecular weight is 411 g/mol. The van der Waals surface area contributed by atoms with Crippen LogP contribution in [-0.2, 0) is 17.6 Å². The molecule has 3 rings (SSSR count). The number of thiophene rings is 1. The average Bonchev–Trinajstić information content (AvgIpc) is 3.17. The first-order valence-corrected chi connectivity index (χ1v) is 11.9. The zero-order chi connectivity index (χ0) is 17.6. The van der Waals surface area contributed by atoms with Crippen molar-refractivity contribution in [1.82, 2.24) is 9.36 Å². The van der Waals surface area contributed by atoms with Crippen LogP contribution in [0.4, 0.5) is 5.00 Å².